The van der Waals surface area contributed by atoms with Gasteiger partial charge in [-0.1, -0.05) is 12.1 Å². The number of nitrogens with one attached hydrogen (secondary N) is 1. The SMILES string of the molecule is COc1cccc(CCNCC(=O)c2cc(C)n(C(C)(C)C)c2C)c1. The molecule has 0 amide bonds. The Morgan fingerprint density at radius 3 is 2.52 bits per heavy atom. The van der Waals surface area contributed by atoms with Crippen LogP contribution in [-0.2, 0) is 12.0 Å². The van der Waals surface area contributed by atoms with Gasteiger partial charge >= 0.3 is 0 Å². The molecule has 0 unspecified atom stereocenters. The van der Waals surface area contributed by atoms with Crippen LogP contribution in [0.25, 0.3) is 0 Å². The second-order valence-corrected chi connectivity index (χ2v) is 7.49. The van der Waals surface area contributed by atoms with Crippen molar-refractivity contribution in [2.75, 3.05) is 20.2 Å². The number of carbonyl (C=O) groups is 1. The first-order valence-electron chi connectivity index (χ1n) is 8.80. The van der Waals surface area contributed by atoms with E-state index in [9.17, 15) is 4.79 Å². The Kier molecular flexibility index (Phi) is 6.07. The minimum absolute atomic E-state index is 0.0213. The van der Waals surface area contributed by atoms with Crippen molar-refractivity contribution >= 4 is 5.78 Å². The summed E-state index contributed by atoms with van der Waals surface area (Å²) < 4.78 is 7.47. The fourth-order valence-electron chi connectivity index (χ4n) is 3.44. The van der Waals surface area contributed by atoms with E-state index in [4.69, 9.17) is 4.74 Å². The molecular formula is C21H30N2O2. The first-order valence-corrected chi connectivity index (χ1v) is 8.80. The molecule has 1 aromatic carbocycles. The van der Waals surface area contributed by atoms with Crippen LogP contribution in [-0.4, -0.2) is 30.5 Å². The van der Waals surface area contributed by atoms with Gasteiger partial charge in [0.25, 0.3) is 0 Å². The molecule has 0 radical (unpaired) electrons. The van der Waals surface area contributed by atoms with E-state index in [1.165, 1.54) is 5.56 Å². The highest BCUT2D eigenvalue weighted by molar-refractivity contribution is 5.99. The van der Waals surface area contributed by atoms with E-state index >= 15 is 0 Å². The molecule has 0 saturated heterocycles. The summed E-state index contributed by atoms with van der Waals surface area (Å²) in [7, 11) is 1.67. The Morgan fingerprint density at radius 1 is 1.20 bits per heavy atom. The summed E-state index contributed by atoms with van der Waals surface area (Å²) in [6, 6.07) is 10.0. The number of methoxy groups -OCH3 is 1. The topological polar surface area (TPSA) is 43.3 Å². The number of aryl methyl sites for hydroxylation is 1. The maximum absolute atomic E-state index is 12.6. The Hall–Kier alpha value is -2.07. The number of hydrogen-bond donors (Lipinski definition) is 1. The molecule has 2 aromatic rings. The van der Waals surface area contributed by atoms with E-state index in [0.29, 0.717) is 6.54 Å². The van der Waals surface area contributed by atoms with Crippen molar-refractivity contribution in [3.8, 4) is 5.75 Å². The van der Waals surface area contributed by atoms with Gasteiger partial charge in [0.1, 0.15) is 5.75 Å². The number of ether oxygens (including phenoxy) is 1. The molecule has 0 aliphatic rings. The van der Waals surface area contributed by atoms with Crippen LogP contribution in [0.1, 0.15) is 48.1 Å². The second-order valence-electron chi connectivity index (χ2n) is 7.49. The normalized spacial score (nSPS) is 11.6. The largest absolute Gasteiger partial charge is 0.497 e. The molecule has 1 heterocycles. The van der Waals surface area contributed by atoms with Gasteiger partial charge in [0.15, 0.2) is 5.78 Å². The molecule has 0 fully saturated rings. The zero-order valence-electron chi connectivity index (χ0n) is 16.3. The number of benzene rings is 1. The predicted molar refractivity (Wildman–Crippen MR) is 103 cm³/mol. The van der Waals surface area contributed by atoms with Crippen LogP contribution in [0, 0.1) is 13.8 Å². The number of aromatic nitrogens is 1. The highest BCUT2D eigenvalue weighted by Crippen LogP contribution is 2.24. The molecule has 1 aromatic heterocycles. The third-order valence-electron chi connectivity index (χ3n) is 4.41. The average Bonchev–Trinajstić information content (AvgIpc) is 2.86. The van der Waals surface area contributed by atoms with E-state index < -0.39 is 0 Å². The molecule has 0 aliphatic heterocycles. The first-order chi connectivity index (χ1) is 11.7. The minimum Gasteiger partial charge on any atom is -0.497 e. The van der Waals surface area contributed by atoms with E-state index in [0.717, 1.165) is 35.7 Å². The number of nitrogens with zero attached hydrogens (tertiary/aromatic N) is 1. The van der Waals surface area contributed by atoms with Crippen molar-refractivity contribution in [1.82, 2.24) is 9.88 Å². The van der Waals surface area contributed by atoms with Crippen LogP contribution in [0.5, 0.6) is 5.75 Å². The molecule has 0 aliphatic carbocycles. The maximum Gasteiger partial charge on any atom is 0.178 e. The second kappa shape index (κ2) is 7.87. The Balaban J connectivity index is 1.93. The summed E-state index contributed by atoms with van der Waals surface area (Å²) >= 11 is 0. The lowest BCUT2D eigenvalue weighted by Gasteiger charge is -2.25. The predicted octanol–water partition coefficient (Wildman–Crippen LogP) is 3.88. The standard InChI is InChI=1S/C21H30N2O2/c1-15-12-19(16(2)23(15)21(3,4)5)20(24)14-22-11-10-17-8-7-9-18(13-17)25-6/h7-9,12-13,22H,10-11,14H2,1-6H3. The lowest BCUT2D eigenvalue weighted by atomic mass is 10.1. The molecule has 136 valence electrons. The van der Waals surface area contributed by atoms with Crippen LogP contribution < -0.4 is 10.1 Å². The van der Waals surface area contributed by atoms with Crippen molar-refractivity contribution in [2.45, 2.75) is 46.6 Å². The van der Waals surface area contributed by atoms with Crippen molar-refractivity contribution in [2.24, 2.45) is 0 Å². The molecule has 0 spiro atoms. The van der Waals surface area contributed by atoms with Crippen LogP contribution in [0.2, 0.25) is 0 Å². The molecule has 0 atom stereocenters. The zero-order chi connectivity index (χ0) is 18.6. The Bertz CT molecular complexity index is 739. The van der Waals surface area contributed by atoms with Gasteiger partial charge in [-0.05, 0) is 71.3 Å². The van der Waals surface area contributed by atoms with Crippen molar-refractivity contribution in [3.63, 3.8) is 0 Å². The fraction of sp³-hybridized carbons (Fsp3) is 0.476. The van der Waals surface area contributed by atoms with Crippen molar-refractivity contribution in [1.29, 1.82) is 0 Å². The fourth-order valence-corrected chi connectivity index (χ4v) is 3.44. The Labute approximate surface area is 151 Å². The lowest BCUT2D eigenvalue weighted by Crippen LogP contribution is -2.27. The molecule has 4 nitrogen and oxygen atoms in total. The van der Waals surface area contributed by atoms with Gasteiger partial charge in [-0.15, -0.1) is 0 Å². The van der Waals surface area contributed by atoms with Gasteiger partial charge < -0.3 is 14.6 Å². The number of carbonyl (C=O) groups excluding carboxylic acids is 1. The molecule has 25 heavy (non-hydrogen) atoms. The van der Waals surface area contributed by atoms with Crippen LogP contribution >= 0.6 is 0 Å². The molecule has 1 N–H and O–H groups in total. The highest BCUT2D eigenvalue weighted by Gasteiger charge is 2.22. The summed E-state index contributed by atoms with van der Waals surface area (Å²) in [5.74, 6) is 1.01. The van der Waals surface area contributed by atoms with Crippen LogP contribution in [0.4, 0.5) is 0 Å². The van der Waals surface area contributed by atoms with E-state index in [-0.39, 0.29) is 11.3 Å². The molecular weight excluding hydrogens is 312 g/mol. The van der Waals surface area contributed by atoms with Gasteiger partial charge in [-0.2, -0.15) is 0 Å². The quantitative estimate of drug-likeness (QED) is 0.613. The number of Topliss-reactive ketones (excluding diaryl/α,β-unsaturated/α-hetero) is 1. The van der Waals surface area contributed by atoms with Crippen LogP contribution in [0.15, 0.2) is 30.3 Å². The van der Waals surface area contributed by atoms with E-state index in [1.807, 2.05) is 31.2 Å². The van der Waals surface area contributed by atoms with E-state index in [1.54, 1.807) is 7.11 Å². The first kappa shape index (κ1) is 19.3. The third-order valence-corrected chi connectivity index (χ3v) is 4.41. The summed E-state index contributed by atoms with van der Waals surface area (Å²) in [5, 5.41) is 3.26. The zero-order valence-corrected chi connectivity index (χ0v) is 16.3. The monoisotopic (exact) mass is 342 g/mol. The Morgan fingerprint density at radius 2 is 1.92 bits per heavy atom. The van der Waals surface area contributed by atoms with Gasteiger partial charge in [0, 0.05) is 22.5 Å². The summed E-state index contributed by atoms with van der Waals surface area (Å²) in [6.45, 7) is 11.7. The van der Waals surface area contributed by atoms with Gasteiger partial charge in [-0.25, -0.2) is 0 Å². The van der Waals surface area contributed by atoms with Gasteiger partial charge in [0.05, 0.1) is 13.7 Å². The number of ketones is 1. The van der Waals surface area contributed by atoms with E-state index in [2.05, 4.69) is 43.6 Å². The van der Waals surface area contributed by atoms with Crippen molar-refractivity contribution < 1.29 is 9.53 Å². The smallest absolute Gasteiger partial charge is 0.178 e. The average molecular weight is 342 g/mol. The van der Waals surface area contributed by atoms with Gasteiger partial charge in [0.2, 0.25) is 0 Å². The number of rotatable bonds is 7. The summed E-state index contributed by atoms with van der Waals surface area (Å²) in [6.07, 6.45) is 0.867. The molecule has 2 rings (SSSR count). The van der Waals surface area contributed by atoms with Crippen LogP contribution in [0.3, 0.4) is 0 Å². The lowest BCUT2D eigenvalue weighted by molar-refractivity contribution is 0.0990. The highest BCUT2D eigenvalue weighted by atomic mass is 16.5. The van der Waals surface area contributed by atoms with Crippen molar-refractivity contribution in [3.05, 3.63) is 52.8 Å². The maximum atomic E-state index is 12.6. The molecule has 0 bridgehead atoms. The molecule has 0 saturated carbocycles. The summed E-state index contributed by atoms with van der Waals surface area (Å²) in [4.78, 5) is 12.6. The third kappa shape index (κ3) is 4.73. The summed E-state index contributed by atoms with van der Waals surface area (Å²) in [5.41, 5.74) is 4.17. The number of hydrogen-bond acceptors (Lipinski definition) is 3. The minimum atomic E-state index is -0.0213. The van der Waals surface area contributed by atoms with Gasteiger partial charge in [-0.3, -0.25) is 4.79 Å². The molecule has 4 heteroatoms.